The van der Waals surface area contributed by atoms with E-state index < -0.39 is 21.5 Å². The number of hydrogen-bond donors (Lipinski definition) is 1. The molecule has 48 heavy (non-hydrogen) atoms. The second kappa shape index (κ2) is 13.8. The molecule has 1 atom stereocenters. The van der Waals surface area contributed by atoms with E-state index in [9.17, 15) is 18.0 Å². The second-order valence-electron chi connectivity index (χ2n) is 12.8. The molecule has 0 bridgehead atoms. The molecule has 1 aromatic heterocycles. The third kappa shape index (κ3) is 7.72. The minimum atomic E-state index is -4.17. The standard InChI is InChI=1S/C37H38N4O5S2/c1-37(2,36(43)39-48(44,45)33-18-12-26(23-38)13-19-33)46-32-8-3-7-31(22-32)40-20-4-6-29(25-40)35(42)41(30-16-17-30)24-27-10-14-28(15-11-27)34-9-5-21-47-34/h3,5,7-15,18-19,21-22,29-30H,4,6,16-17,20,24-25H2,1-2H3,(H,39,43)/t29-/m1/s1. The van der Waals surface area contributed by atoms with Crippen LogP contribution in [0.25, 0.3) is 10.4 Å². The first-order chi connectivity index (χ1) is 23.0. The Hall–Kier alpha value is -4.66. The molecule has 2 heterocycles. The number of sulfonamides is 1. The number of nitriles is 1. The van der Waals surface area contributed by atoms with Crippen molar-refractivity contribution in [2.45, 2.75) is 62.6 Å². The predicted octanol–water partition coefficient (Wildman–Crippen LogP) is 6.36. The lowest BCUT2D eigenvalue weighted by Gasteiger charge is -2.36. The smallest absolute Gasteiger partial charge is 0.277 e. The largest absolute Gasteiger partial charge is 0.478 e. The molecule has 11 heteroatoms. The molecule has 3 aromatic carbocycles. The van der Waals surface area contributed by atoms with E-state index in [0.717, 1.165) is 43.5 Å². The number of carbonyl (C=O) groups is 2. The Morgan fingerprint density at radius 2 is 1.77 bits per heavy atom. The van der Waals surface area contributed by atoms with E-state index in [1.54, 1.807) is 17.4 Å². The van der Waals surface area contributed by atoms with Gasteiger partial charge in [0.15, 0.2) is 5.60 Å². The lowest BCUT2D eigenvalue weighted by Crippen LogP contribution is -2.48. The van der Waals surface area contributed by atoms with Crippen molar-refractivity contribution in [3.63, 3.8) is 0 Å². The number of carbonyl (C=O) groups excluding carboxylic acids is 2. The highest BCUT2D eigenvalue weighted by molar-refractivity contribution is 7.90. The maximum atomic E-state index is 14.0. The van der Waals surface area contributed by atoms with Crippen LogP contribution in [0.3, 0.4) is 0 Å². The summed E-state index contributed by atoms with van der Waals surface area (Å²) in [6.45, 7) is 4.97. The fourth-order valence-corrected chi connectivity index (χ4v) is 7.77. The number of amides is 2. The zero-order valence-electron chi connectivity index (χ0n) is 27.0. The van der Waals surface area contributed by atoms with Crippen molar-refractivity contribution in [3.05, 3.63) is 101 Å². The van der Waals surface area contributed by atoms with Gasteiger partial charge in [-0.1, -0.05) is 36.4 Å². The van der Waals surface area contributed by atoms with Crippen molar-refractivity contribution in [1.82, 2.24) is 9.62 Å². The van der Waals surface area contributed by atoms with E-state index >= 15 is 0 Å². The molecule has 1 saturated heterocycles. The van der Waals surface area contributed by atoms with Gasteiger partial charge in [0.2, 0.25) is 5.91 Å². The van der Waals surface area contributed by atoms with Crippen molar-refractivity contribution in [2.24, 2.45) is 5.92 Å². The van der Waals surface area contributed by atoms with Gasteiger partial charge in [-0.15, -0.1) is 11.3 Å². The molecule has 9 nitrogen and oxygen atoms in total. The molecule has 0 radical (unpaired) electrons. The summed E-state index contributed by atoms with van der Waals surface area (Å²) in [5.41, 5.74) is 1.97. The van der Waals surface area contributed by atoms with Crippen LogP contribution in [0.15, 0.2) is 95.2 Å². The second-order valence-corrected chi connectivity index (χ2v) is 15.5. The maximum absolute atomic E-state index is 14.0. The molecule has 2 aliphatic rings. The van der Waals surface area contributed by atoms with Gasteiger partial charge in [0.25, 0.3) is 15.9 Å². The molecule has 2 amide bonds. The molecule has 248 valence electrons. The molecule has 0 unspecified atom stereocenters. The highest BCUT2D eigenvalue weighted by Gasteiger charge is 2.38. The van der Waals surface area contributed by atoms with Gasteiger partial charge in [-0.3, -0.25) is 9.59 Å². The molecule has 1 aliphatic carbocycles. The summed E-state index contributed by atoms with van der Waals surface area (Å²) in [5, 5.41) is 11.1. The van der Waals surface area contributed by atoms with E-state index in [4.69, 9.17) is 10.00 Å². The van der Waals surface area contributed by atoms with Gasteiger partial charge in [-0.05, 0) is 98.5 Å². The van der Waals surface area contributed by atoms with E-state index in [0.29, 0.717) is 24.4 Å². The average Bonchev–Trinajstić information content (AvgIpc) is 3.79. The predicted molar refractivity (Wildman–Crippen MR) is 186 cm³/mol. The number of benzene rings is 3. The van der Waals surface area contributed by atoms with Gasteiger partial charge in [0.1, 0.15) is 5.75 Å². The molecule has 0 spiro atoms. The molecule has 4 aromatic rings. The van der Waals surface area contributed by atoms with Crippen molar-refractivity contribution >= 4 is 38.9 Å². The monoisotopic (exact) mass is 682 g/mol. The van der Waals surface area contributed by atoms with Gasteiger partial charge in [0.05, 0.1) is 22.4 Å². The average molecular weight is 683 g/mol. The molecule has 1 aliphatic heterocycles. The van der Waals surface area contributed by atoms with Crippen LogP contribution in [-0.4, -0.2) is 49.9 Å². The fourth-order valence-electron chi connectivity index (χ4n) is 5.93. The van der Waals surface area contributed by atoms with Crippen LogP contribution in [0.5, 0.6) is 5.75 Å². The highest BCUT2D eigenvalue weighted by atomic mass is 32.2. The number of nitrogens with one attached hydrogen (secondary N) is 1. The fraction of sp³-hybridized carbons (Fsp3) is 0.324. The van der Waals surface area contributed by atoms with Gasteiger partial charge in [0, 0.05) is 42.3 Å². The summed E-state index contributed by atoms with van der Waals surface area (Å²) in [6, 6.07) is 27.5. The number of rotatable bonds is 11. The number of hydrogen-bond acceptors (Lipinski definition) is 8. The van der Waals surface area contributed by atoms with Gasteiger partial charge < -0.3 is 14.5 Å². The van der Waals surface area contributed by atoms with Crippen LogP contribution in [0.2, 0.25) is 0 Å². The quantitative estimate of drug-likeness (QED) is 0.196. The van der Waals surface area contributed by atoms with E-state index in [-0.39, 0.29) is 22.8 Å². The van der Waals surface area contributed by atoms with Gasteiger partial charge >= 0.3 is 0 Å². The zero-order chi connectivity index (χ0) is 33.9. The first-order valence-electron chi connectivity index (χ1n) is 16.1. The number of nitrogens with zero attached hydrogens (tertiary/aromatic N) is 3. The van der Waals surface area contributed by atoms with Gasteiger partial charge in [-0.25, -0.2) is 13.1 Å². The van der Waals surface area contributed by atoms with Crippen LogP contribution in [0.1, 0.15) is 50.7 Å². The molecule has 6 rings (SSSR count). The summed E-state index contributed by atoms with van der Waals surface area (Å²) in [4.78, 5) is 32.4. The van der Waals surface area contributed by atoms with Crippen molar-refractivity contribution < 1.29 is 22.7 Å². The van der Waals surface area contributed by atoms with Crippen molar-refractivity contribution in [3.8, 4) is 22.3 Å². The number of anilines is 1. The Kier molecular flexibility index (Phi) is 9.58. The van der Waals surface area contributed by atoms with Crippen LogP contribution >= 0.6 is 11.3 Å². The Labute approximate surface area is 285 Å². The number of ether oxygens (including phenoxy) is 1. The van der Waals surface area contributed by atoms with Crippen LogP contribution in [0, 0.1) is 17.2 Å². The van der Waals surface area contributed by atoms with Crippen molar-refractivity contribution in [2.75, 3.05) is 18.0 Å². The van der Waals surface area contributed by atoms with Gasteiger partial charge in [-0.2, -0.15) is 5.26 Å². The molecule has 1 saturated carbocycles. The Balaban J connectivity index is 1.09. The SMILES string of the molecule is CC(C)(Oc1cccc(N2CCC[C@@H](C(=O)N(Cc3ccc(-c4cccs4)cc3)C3CC3)C2)c1)C(=O)NS(=O)(=O)c1ccc(C#N)cc1. The summed E-state index contributed by atoms with van der Waals surface area (Å²) >= 11 is 1.71. The van der Waals surface area contributed by atoms with Crippen LogP contribution in [0.4, 0.5) is 5.69 Å². The molecular weight excluding hydrogens is 645 g/mol. The summed E-state index contributed by atoms with van der Waals surface area (Å²) in [6.07, 6.45) is 3.77. The summed E-state index contributed by atoms with van der Waals surface area (Å²) in [5.74, 6) is -0.369. The lowest BCUT2D eigenvalue weighted by molar-refractivity contribution is -0.137. The third-order valence-electron chi connectivity index (χ3n) is 8.78. The summed E-state index contributed by atoms with van der Waals surface area (Å²) < 4.78 is 33.8. The number of thiophene rings is 1. The lowest BCUT2D eigenvalue weighted by atomic mass is 9.95. The van der Waals surface area contributed by atoms with E-state index in [2.05, 4.69) is 56.3 Å². The summed E-state index contributed by atoms with van der Waals surface area (Å²) in [7, 11) is -4.17. The minimum Gasteiger partial charge on any atom is -0.478 e. The van der Waals surface area contributed by atoms with Crippen molar-refractivity contribution in [1.29, 1.82) is 5.26 Å². The zero-order valence-corrected chi connectivity index (χ0v) is 28.6. The molecule has 2 fully saturated rings. The van der Waals surface area contributed by atoms with E-state index in [1.165, 1.54) is 48.6 Å². The van der Waals surface area contributed by atoms with Crippen LogP contribution < -0.4 is 14.4 Å². The third-order valence-corrected chi connectivity index (χ3v) is 11.0. The normalized spacial score (nSPS) is 16.5. The first-order valence-corrected chi connectivity index (χ1v) is 18.4. The first kappa shape index (κ1) is 33.2. The Morgan fingerprint density at radius 1 is 1.02 bits per heavy atom. The Bertz CT molecular complexity index is 1910. The maximum Gasteiger partial charge on any atom is 0.277 e. The number of piperidine rings is 1. The minimum absolute atomic E-state index is 0.130. The molecular formula is C37H38N4O5S2. The van der Waals surface area contributed by atoms with Crippen LogP contribution in [-0.2, 0) is 26.2 Å². The topological polar surface area (TPSA) is 120 Å². The highest BCUT2D eigenvalue weighted by Crippen LogP contribution is 2.34. The molecule has 1 N–H and O–H groups in total. The van der Waals surface area contributed by atoms with E-state index in [1.807, 2.05) is 24.3 Å². The Morgan fingerprint density at radius 3 is 2.44 bits per heavy atom.